The van der Waals surface area contributed by atoms with Crippen molar-refractivity contribution in [1.82, 2.24) is 0 Å². The fourth-order valence-corrected chi connectivity index (χ4v) is 9.71. The summed E-state index contributed by atoms with van der Waals surface area (Å²) >= 11 is 1.83. The van der Waals surface area contributed by atoms with Crippen LogP contribution in [-0.2, 0) is 0 Å². The fourth-order valence-electron chi connectivity index (χ4n) is 8.47. The van der Waals surface area contributed by atoms with Crippen molar-refractivity contribution in [3.63, 3.8) is 0 Å². The standard InChI is InChI=1S/C54H42N2OS/c1-34-21-23-36(24-22-34)37-25-27-38(28-26-37)40-29-30-50-47(32-40)53-43(16-10-19-51(53)57-50)35(2)56-49(39-11-4-3-5-12-39)33-48(55)42-14-8-13-41(31-42)44-17-9-18-46-45-15-6-7-20-52(45)58-54(44)46/h3-21,23,25-34,36H,2,22,24,55H2,1H3/b48-33-,56-49+. The molecule has 0 radical (unpaired) electrons. The second-order valence-corrected chi connectivity index (χ2v) is 16.5. The van der Waals surface area contributed by atoms with Gasteiger partial charge in [-0.05, 0) is 88.5 Å². The van der Waals surface area contributed by atoms with E-state index in [4.69, 9.17) is 15.1 Å². The first kappa shape index (κ1) is 35.6. The Hall–Kier alpha value is -6.75. The molecule has 2 aromatic heterocycles. The Balaban J connectivity index is 1.01. The van der Waals surface area contributed by atoms with Gasteiger partial charge in [0, 0.05) is 53.7 Å². The number of hydrogen-bond acceptors (Lipinski definition) is 4. The molecular formula is C54H42N2OS. The molecule has 1 aliphatic rings. The summed E-state index contributed by atoms with van der Waals surface area (Å²) < 4.78 is 8.98. The van der Waals surface area contributed by atoms with Gasteiger partial charge in [0.1, 0.15) is 11.2 Å². The van der Waals surface area contributed by atoms with E-state index >= 15 is 0 Å². The molecule has 58 heavy (non-hydrogen) atoms. The summed E-state index contributed by atoms with van der Waals surface area (Å²) in [4.78, 5) is 5.22. The molecular weight excluding hydrogens is 725 g/mol. The average Bonchev–Trinajstić information content (AvgIpc) is 3.85. The van der Waals surface area contributed by atoms with Gasteiger partial charge in [0.25, 0.3) is 0 Å². The zero-order chi connectivity index (χ0) is 39.2. The lowest BCUT2D eigenvalue weighted by Gasteiger charge is -2.20. The molecule has 2 N–H and O–H groups in total. The molecule has 0 bridgehead atoms. The van der Waals surface area contributed by atoms with Crippen LogP contribution in [0.15, 0.2) is 192 Å². The van der Waals surface area contributed by atoms with E-state index < -0.39 is 0 Å². The molecule has 10 rings (SSSR count). The maximum Gasteiger partial charge on any atom is 0.136 e. The predicted octanol–water partition coefficient (Wildman–Crippen LogP) is 14.8. The van der Waals surface area contributed by atoms with E-state index in [-0.39, 0.29) is 0 Å². The largest absolute Gasteiger partial charge is 0.456 e. The lowest BCUT2D eigenvalue weighted by atomic mass is 9.85. The van der Waals surface area contributed by atoms with E-state index in [2.05, 4.69) is 153 Å². The van der Waals surface area contributed by atoms with Crippen LogP contribution < -0.4 is 5.73 Å². The minimum absolute atomic E-state index is 0.490. The molecule has 7 aromatic carbocycles. The average molecular weight is 767 g/mol. The maximum atomic E-state index is 6.98. The van der Waals surface area contributed by atoms with Crippen molar-refractivity contribution in [2.45, 2.75) is 25.7 Å². The third-order valence-electron chi connectivity index (χ3n) is 11.6. The van der Waals surface area contributed by atoms with Gasteiger partial charge in [-0.2, -0.15) is 0 Å². The van der Waals surface area contributed by atoms with Crippen LogP contribution in [0.2, 0.25) is 0 Å². The summed E-state index contributed by atoms with van der Waals surface area (Å²) in [6.45, 7) is 6.84. The van der Waals surface area contributed by atoms with Gasteiger partial charge in [-0.1, -0.05) is 153 Å². The molecule has 0 fully saturated rings. The highest BCUT2D eigenvalue weighted by molar-refractivity contribution is 7.26. The summed E-state index contributed by atoms with van der Waals surface area (Å²) in [5, 5.41) is 4.60. The second kappa shape index (κ2) is 15.0. The third-order valence-corrected chi connectivity index (χ3v) is 12.8. The van der Waals surface area contributed by atoms with Crippen molar-refractivity contribution in [3.8, 4) is 22.3 Å². The van der Waals surface area contributed by atoms with Gasteiger partial charge in [-0.25, -0.2) is 4.99 Å². The molecule has 2 unspecified atom stereocenters. The lowest BCUT2D eigenvalue weighted by Crippen LogP contribution is -2.04. The van der Waals surface area contributed by atoms with Crippen LogP contribution in [0.5, 0.6) is 0 Å². The number of nitrogens with two attached hydrogens (primary N) is 1. The zero-order valence-corrected chi connectivity index (χ0v) is 33.2. The smallest absolute Gasteiger partial charge is 0.136 e. The van der Waals surface area contributed by atoms with Crippen LogP contribution in [0.4, 0.5) is 0 Å². The molecule has 4 heteroatoms. The molecule has 9 aromatic rings. The third kappa shape index (κ3) is 6.66. The van der Waals surface area contributed by atoms with E-state index in [9.17, 15) is 0 Å². The molecule has 0 spiro atoms. The fraction of sp³-hybridized carbons (Fsp3) is 0.0926. The number of aliphatic imine (C=N–C) groups is 1. The highest BCUT2D eigenvalue weighted by atomic mass is 32.1. The molecule has 2 atom stereocenters. The monoisotopic (exact) mass is 766 g/mol. The Bertz CT molecular complexity index is 3110. The molecule has 3 nitrogen and oxygen atoms in total. The number of benzene rings is 7. The normalized spacial score (nSPS) is 16.2. The molecule has 2 heterocycles. The Morgan fingerprint density at radius 2 is 1.43 bits per heavy atom. The van der Waals surface area contributed by atoms with Crippen molar-refractivity contribution < 1.29 is 4.42 Å². The summed E-state index contributed by atoms with van der Waals surface area (Å²) in [5.41, 5.74) is 19.4. The summed E-state index contributed by atoms with van der Waals surface area (Å²) in [7, 11) is 0. The van der Waals surface area contributed by atoms with Crippen molar-refractivity contribution in [1.29, 1.82) is 0 Å². The molecule has 280 valence electrons. The van der Waals surface area contributed by atoms with Gasteiger partial charge in [0.2, 0.25) is 0 Å². The van der Waals surface area contributed by atoms with Crippen LogP contribution in [-0.4, -0.2) is 5.71 Å². The Morgan fingerprint density at radius 1 is 0.672 bits per heavy atom. The second-order valence-electron chi connectivity index (χ2n) is 15.4. The van der Waals surface area contributed by atoms with Gasteiger partial charge in [0.15, 0.2) is 0 Å². The maximum absolute atomic E-state index is 6.98. The predicted molar refractivity (Wildman–Crippen MR) is 248 cm³/mol. The van der Waals surface area contributed by atoms with E-state index in [1.807, 2.05) is 47.7 Å². The van der Waals surface area contributed by atoms with Gasteiger partial charge in [-0.15, -0.1) is 11.3 Å². The summed E-state index contributed by atoms with van der Waals surface area (Å²) in [6.07, 6.45) is 9.15. The van der Waals surface area contributed by atoms with E-state index in [0.29, 0.717) is 23.2 Å². The van der Waals surface area contributed by atoms with Crippen LogP contribution >= 0.6 is 11.3 Å². The number of thiophene rings is 1. The van der Waals surface area contributed by atoms with Gasteiger partial charge >= 0.3 is 0 Å². The number of fused-ring (bicyclic) bond motifs is 6. The zero-order valence-electron chi connectivity index (χ0n) is 32.4. The van der Waals surface area contributed by atoms with Crippen molar-refractivity contribution in [2.24, 2.45) is 16.6 Å². The highest BCUT2D eigenvalue weighted by Crippen LogP contribution is 2.41. The minimum atomic E-state index is 0.490. The molecule has 1 aliphatic carbocycles. The van der Waals surface area contributed by atoms with Crippen LogP contribution in [0.25, 0.3) is 75.8 Å². The number of furan rings is 1. The molecule has 0 saturated carbocycles. The first-order chi connectivity index (χ1) is 28.5. The van der Waals surface area contributed by atoms with E-state index in [1.54, 1.807) is 0 Å². The Morgan fingerprint density at radius 3 is 2.28 bits per heavy atom. The van der Waals surface area contributed by atoms with Crippen LogP contribution in [0.1, 0.15) is 47.9 Å². The number of hydrogen-bond donors (Lipinski definition) is 1. The molecule has 0 amide bonds. The van der Waals surface area contributed by atoms with Crippen LogP contribution in [0.3, 0.4) is 0 Å². The Labute approximate surface area is 342 Å². The topological polar surface area (TPSA) is 51.5 Å². The van der Waals surface area contributed by atoms with Gasteiger partial charge < -0.3 is 10.2 Å². The van der Waals surface area contributed by atoms with Crippen molar-refractivity contribution in [3.05, 3.63) is 205 Å². The van der Waals surface area contributed by atoms with Crippen LogP contribution in [0, 0.1) is 5.92 Å². The quantitative estimate of drug-likeness (QED) is 0.124. The van der Waals surface area contributed by atoms with Gasteiger partial charge in [-0.3, -0.25) is 0 Å². The summed E-state index contributed by atoms with van der Waals surface area (Å²) in [5.74, 6) is 1.16. The number of rotatable bonds is 8. The number of allylic oxidation sites excluding steroid dienone is 3. The van der Waals surface area contributed by atoms with Gasteiger partial charge in [0.05, 0.1) is 11.4 Å². The molecule has 0 saturated heterocycles. The van der Waals surface area contributed by atoms with Crippen molar-refractivity contribution in [2.75, 3.05) is 0 Å². The number of nitrogens with zero attached hydrogens (tertiary/aromatic N) is 1. The lowest BCUT2D eigenvalue weighted by molar-refractivity contribution is 0.545. The summed E-state index contributed by atoms with van der Waals surface area (Å²) in [6, 6.07) is 55.5. The Kier molecular flexibility index (Phi) is 9.20. The van der Waals surface area contributed by atoms with E-state index in [1.165, 1.54) is 49.7 Å². The molecule has 0 aliphatic heterocycles. The van der Waals surface area contributed by atoms with Crippen molar-refractivity contribution >= 4 is 70.6 Å². The first-order valence-electron chi connectivity index (χ1n) is 20.0. The highest BCUT2D eigenvalue weighted by Gasteiger charge is 2.18. The SMILES string of the molecule is C=C(/N=C(\C=C(/N)c1cccc(-c2cccc3c2sc2ccccc23)c1)c1ccccc1)c1cccc2oc3ccc(-c4ccc(C5C=CC(C)CC5)cc4)cc3c12. The minimum Gasteiger partial charge on any atom is -0.456 e. The van der Waals surface area contributed by atoms with E-state index in [0.717, 1.165) is 55.5 Å². The first-order valence-corrected chi connectivity index (χ1v) is 20.8.